The van der Waals surface area contributed by atoms with Crippen LogP contribution in [0.1, 0.15) is 57.9 Å². The molecule has 1 amide bonds. The summed E-state index contributed by atoms with van der Waals surface area (Å²) in [6.45, 7) is 4.03. The molecule has 0 bridgehead atoms. The predicted octanol–water partition coefficient (Wildman–Crippen LogP) is 4.82. The van der Waals surface area contributed by atoms with Gasteiger partial charge in [0.2, 0.25) is 0 Å². The van der Waals surface area contributed by atoms with Crippen molar-refractivity contribution in [3.05, 3.63) is 57.3 Å². The van der Waals surface area contributed by atoms with Crippen LogP contribution in [0.25, 0.3) is 21.7 Å². The van der Waals surface area contributed by atoms with E-state index in [1.54, 1.807) is 22.8 Å². The summed E-state index contributed by atoms with van der Waals surface area (Å²) in [4.78, 5) is 33.4. The Morgan fingerprint density at radius 3 is 2.65 bits per heavy atom. The number of nitrogens with one attached hydrogen (secondary N) is 1. The summed E-state index contributed by atoms with van der Waals surface area (Å²) in [5, 5.41) is 17.1. The highest BCUT2D eigenvalue weighted by Crippen LogP contribution is 2.32. The standard InChI is InChI=1S/C26H26ClN5O4S/c1-14-2-5-18(26(34)35)22-23(14)32(13-16-12-19(36-30-16)20-6-7-21(27)37-20)24(29-22)25(33)28-15-8-10-31(11-9-15)17-3-4-17/h2,5-7,12,15,17H,3-4,8-11,13H2,1H3,(H,28,33)(H,34,35). The second kappa shape index (κ2) is 9.59. The summed E-state index contributed by atoms with van der Waals surface area (Å²) in [5.74, 6) is -0.661. The molecule has 0 unspecified atom stereocenters. The molecule has 9 nitrogen and oxygen atoms in total. The summed E-state index contributed by atoms with van der Waals surface area (Å²) in [6, 6.07) is 9.50. The summed E-state index contributed by atoms with van der Waals surface area (Å²) >= 11 is 7.45. The fourth-order valence-electron chi connectivity index (χ4n) is 5.12. The summed E-state index contributed by atoms with van der Waals surface area (Å²) in [5.41, 5.74) is 2.34. The van der Waals surface area contributed by atoms with E-state index in [-0.39, 0.29) is 35.4 Å². The molecule has 6 rings (SSSR count). The van der Waals surface area contributed by atoms with Crippen LogP contribution in [0.5, 0.6) is 0 Å². The van der Waals surface area contributed by atoms with Crippen molar-refractivity contribution in [2.24, 2.45) is 0 Å². The molecule has 1 saturated heterocycles. The topological polar surface area (TPSA) is 113 Å². The van der Waals surface area contributed by atoms with Crippen LogP contribution in [0.3, 0.4) is 0 Å². The Morgan fingerprint density at radius 2 is 1.97 bits per heavy atom. The van der Waals surface area contributed by atoms with E-state index >= 15 is 0 Å². The van der Waals surface area contributed by atoms with E-state index in [2.05, 4.69) is 20.4 Å². The minimum atomic E-state index is -1.09. The largest absolute Gasteiger partial charge is 0.478 e. The minimum absolute atomic E-state index is 0.0537. The predicted molar refractivity (Wildman–Crippen MR) is 140 cm³/mol. The van der Waals surface area contributed by atoms with Crippen molar-refractivity contribution in [2.45, 2.75) is 51.2 Å². The number of aryl methyl sites for hydroxylation is 1. The molecule has 1 aromatic carbocycles. The minimum Gasteiger partial charge on any atom is -0.478 e. The number of carboxylic acid groups (broad SMARTS) is 1. The first-order chi connectivity index (χ1) is 17.9. The van der Waals surface area contributed by atoms with Gasteiger partial charge in [-0.15, -0.1) is 11.3 Å². The van der Waals surface area contributed by atoms with E-state index in [1.807, 2.05) is 13.0 Å². The van der Waals surface area contributed by atoms with Crippen LogP contribution in [0.15, 0.2) is 34.9 Å². The number of carbonyl (C=O) groups excluding carboxylic acids is 1. The highest BCUT2D eigenvalue weighted by Gasteiger charge is 2.33. The van der Waals surface area contributed by atoms with Crippen LogP contribution in [-0.4, -0.2) is 61.8 Å². The first-order valence-corrected chi connectivity index (χ1v) is 13.6. The highest BCUT2D eigenvalue weighted by molar-refractivity contribution is 7.19. The molecule has 0 atom stereocenters. The fraction of sp³-hybridized carbons (Fsp3) is 0.385. The Hall–Kier alpha value is -3.21. The third-order valence-electron chi connectivity index (χ3n) is 7.15. The van der Waals surface area contributed by atoms with Crippen molar-refractivity contribution >= 4 is 45.8 Å². The lowest BCUT2D eigenvalue weighted by Gasteiger charge is -2.32. The molecular weight excluding hydrogens is 514 g/mol. The third kappa shape index (κ3) is 4.76. The van der Waals surface area contributed by atoms with Gasteiger partial charge in [0.15, 0.2) is 11.6 Å². The second-order valence-electron chi connectivity index (χ2n) is 9.76. The van der Waals surface area contributed by atoms with Crippen molar-refractivity contribution in [2.75, 3.05) is 13.1 Å². The lowest BCUT2D eigenvalue weighted by molar-refractivity contribution is 0.0698. The van der Waals surface area contributed by atoms with Gasteiger partial charge in [-0.3, -0.25) is 4.79 Å². The Bertz CT molecular complexity index is 1500. The number of likely N-dealkylation sites (tertiary alicyclic amines) is 1. The zero-order valence-corrected chi connectivity index (χ0v) is 21.8. The molecule has 2 N–H and O–H groups in total. The van der Waals surface area contributed by atoms with E-state index in [9.17, 15) is 14.7 Å². The number of carboxylic acids is 1. The van der Waals surface area contributed by atoms with E-state index in [1.165, 1.54) is 30.2 Å². The molecule has 192 valence electrons. The molecule has 1 saturated carbocycles. The van der Waals surface area contributed by atoms with E-state index in [0.717, 1.165) is 42.4 Å². The number of amides is 1. The van der Waals surface area contributed by atoms with Gasteiger partial charge in [-0.05, 0) is 56.4 Å². The van der Waals surface area contributed by atoms with Gasteiger partial charge in [-0.2, -0.15) is 0 Å². The number of imidazole rings is 1. The number of thiophene rings is 1. The number of aromatic nitrogens is 3. The van der Waals surface area contributed by atoms with Crippen molar-refractivity contribution < 1.29 is 19.2 Å². The average Bonchev–Trinajstić information content (AvgIpc) is 3.27. The zero-order valence-electron chi connectivity index (χ0n) is 20.2. The van der Waals surface area contributed by atoms with Crippen LogP contribution >= 0.6 is 22.9 Å². The second-order valence-corrected chi connectivity index (χ2v) is 11.5. The lowest BCUT2D eigenvalue weighted by Crippen LogP contribution is -2.45. The number of piperidine rings is 1. The van der Waals surface area contributed by atoms with Gasteiger partial charge < -0.3 is 24.4 Å². The summed E-state index contributed by atoms with van der Waals surface area (Å²) in [7, 11) is 0. The Labute approximate surface area is 222 Å². The van der Waals surface area contributed by atoms with Crippen molar-refractivity contribution in [3.8, 4) is 10.6 Å². The first kappa shape index (κ1) is 24.1. The monoisotopic (exact) mass is 539 g/mol. The van der Waals surface area contributed by atoms with Crippen molar-refractivity contribution in [1.29, 1.82) is 0 Å². The Kier molecular flexibility index (Phi) is 6.26. The van der Waals surface area contributed by atoms with Gasteiger partial charge in [0, 0.05) is 31.2 Å². The Balaban J connectivity index is 1.33. The van der Waals surface area contributed by atoms with Crippen LogP contribution in [0.4, 0.5) is 0 Å². The maximum atomic E-state index is 13.5. The average molecular weight is 540 g/mol. The number of nitrogens with zero attached hydrogens (tertiary/aromatic N) is 4. The smallest absolute Gasteiger partial charge is 0.337 e. The number of fused-ring (bicyclic) bond motifs is 1. The molecular formula is C26H26ClN5O4S. The van der Waals surface area contributed by atoms with E-state index in [0.29, 0.717) is 21.3 Å². The maximum absolute atomic E-state index is 13.5. The molecule has 0 spiro atoms. The highest BCUT2D eigenvalue weighted by atomic mass is 35.5. The van der Waals surface area contributed by atoms with Crippen LogP contribution in [0.2, 0.25) is 4.34 Å². The summed E-state index contributed by atoms with van der Waals surface area (Å²) < 4.78 is 7.93. The molecule has 1 aliphatic carbocycles. The van der Waals surface area contributed by atoms with Gasteiger partial charge >= 0.3 is 5.97 Å². The van der Waals surface area contributed by atoms with Gasteiger partial charge in [0.25, 0.3) is 5.91 Å². The van der Waals surface area contributed by atoms with Crippen LogP contribution < -0.4 is 5.32 Å². The third-order valence-corrected chi connectivity index (χ3v) is 8.40. The number of benzene rings is 1. The molecule has 2 aliphatic rings. The number of aromatic carboxylic acids is 1. The number of hydrogen-bond donors (Lipinski definition) is 2. The van der Waals surface area contributed by atoms with Crippen molar-refractivity contribution in [3.63, 3.8) is 0 Å². The molecule has 3 aromatic heterocycles. The van der Waals surface area contributed by atoms with Gasteiger partial charge in [0.1, 0.15) is 11.2 Å². The van der Waals surface area contributed by atoms with E-state index in [4.69, 9.17) is 16.1 Å². The number of halogens is 1. The lowest BCUT2D eigenvalue weighted by atomic mass is 10.0. The first-order valence-electron chi connectivity index (χ1n) is 12.4. The molecule has 0 radical (unpaired) electrons. The molecule has 37 heavy (non-hydrogen) atoms. The van der Waals surface area contributed by atoms with Gasteiger partial charge in [-0.25, -0.2) is 9.78 Å². The van der Waals surface area contributed by atoms with Gasteiger partial charge in [0.05, 0.1) is 26.8 Å². The number of carbonyl (C=O) groups is 2. The Morgan fingerprint density at radius 1 is 1.19 bits per heavy atom. The SMILES string of the molecule is Cc1ccc(C(=O)O)c2nc(C(=O)NC3CCN(C4CC4)CC3)n(Cc3cc(-c4ccc(Cl)s4)on3)c12. The molecule has 2 fully saturated rings. The molecule has 1 aliphatic heterocycles. The van der Waals surface area contributed by atoms with Gasteiger partial charge in [-0.1, -0.05) is 22.8 Å². The zero-order chi connectivity index (χ0) is 25.7. The summed E-state index contributed by atoms with van der Waals surface area (Å²) in [6.07, 6.45) is 4.32. The van der Waals surface area contributed by atoms with Crippen LogP contribution in [0, 0.1) is 6.92 Å². The van der Waals surface area contributed by atoms with Crippen LogP contribution in [-0.2, 0) is 6.54 Å². The molecule has 4 heterocycles. The number of hydrogen-bond acceptors (Lipinski definition) is 7. The quantitative estimate of drug-likeness (QED) is 0.346. The molecule has 4 aromatic rings. The fourth-order valence-corrected chi connectivity index (χ4v) is 6.11. The number of rotatable bonds is 7. The maximum Gasteiger partial charge on any atom is 0.337 e. The molecule has 11 heteroatoms. The van der Waals surface area contributed by atoms with E-state index < -0.39 is 5.97 Å². The van der Waals surface area contributed by atoms with Crippen molar-refractivity contribution in [1.82, 2.24) is 24.9 Å². The normalized spacial score (nSPS) is 16.9.